The van der Waals surface area contributed by atoms with E-state index in [1.54, 1.807) is 0 Å². The number of nitrogens with one attached hydrogen (secondary N) is 2. The standard InChI is InChI=1S/C12H24N2O2/c1-2-16-12(15)14-10-9-13-11-7-5-3-4-6-8-11/h11,13H,2-10H2,1H3,(H,14,15). The van der Waals surface area contributed by atoms with Gasteiger partial charge in [0.1, 0.15) is 0 Å². The number of amides is 1. The van der Waals surface area contributed by atoms with E-state index in [2.05, 4.69) is 10.6 Å². The predicted molar refractivity (Wildman–Crippen MR) is 64.5 cm³/mol. The summed E-state index contributed by atoms with van der Waals surface area (Å²) in [5.41, 5.74) is 0. The van der Waals surface area contributed by atoms with Gasteiger partial charge >= 0.3 is 6.09 Å². The van der Waals surface area contributed by atoms with Gasteiger partial charge in [0.25, 0.3) is 0 Å². The second kappa shape index (κ2) is 8.39. The Morgan fingerprint density at radius 2 is 1.88 bits per heavy atom. The highest BCUT2D eigenvalue weighted by atomic mass is 16.5. The average Bonchev–Trinajstić information content (AvgIpc) is 2.53. The molecule has 0 aromatic rings. The summed E-state index contributed by atoms with van der Waals surface area (Å²) in [5.74, 6) is 0. The van der Waals surface area contributed by atoms with Gasteiger partial charge in [-0.1, -0.05) is 25.7 Å². The zero-order valence-corrected chi connectivity index (χ0v) is 10.3. The Balaban J connectivity index is 1.99. The first kappa shape index (κ1) is 13.3. The summed E-state index contributed by atoms with van der Waals surface area (Å²) in [5, 5.41) is 6.20. The van der Waals surface area contributed by atoms with Gasteiger partial charge in [-0.05, 0) is 19.8 Å². The normalized spacial score (nSPS) is 17.8. The van der Waals surface area contributed by atoms with E-state index in [4.69, 9.17) is 4.74 Å². The molecule has 94 valence electrons. The lowest BCUT2D eigenvalue weighted by atomic mass is 10.1. The summed E-state index contributed by atoms with van der Waals surface area (Å²) in [7, 11) is 0. The van der Waals surface area contributed by atoms with Crippen molar-refractivity contribution >= 4 is 6.09 Å². The highest BCUT2D eigenvalue weighted by Crippen LogP contribution is 2.16. The first-order chi connectivity index (χ1) is 7.83. The van der Waals surface area contributed by atoms with Crippen molar-refractivity contribution in [3.8, 4) is 0 Å². The van der Waals surface area contributed by atoms with E-state index in [0.29, 0.717) is 19.2 Å². The minimum atomic E-state index is -0.315. The summed E-state index contributed by atoms with van der Waals surface area (Å²) >= 11 is 0. The minimum Gasteiger partial charge on any atom is -0.450 e. The number of carbonyl (C=O) groups is 1. The van der Waals surface area contributed by atoms with Gasteiger partial charge in [-0.15, -0.1) is 0 Å². The van der Waals surface area contributed by atoms with Gasteiger partial charge < -0.3 is 15.4 Å². The molecule has 1 saturated carbocycles. The Morgan fingerprint density at radius 1 is 1.19 bits per heavy atom. The van der Waals surface area contributed by atoms with Crippen LogP contribution in [0, 0.1) is 0 Å². The van der Waals surface area contributed by atoms with E-state index in [1.807, 2.05) is 6.92 Å². The van der Waals surface area contributed by atoms with Crippen molar-refractivity contribution in [2.45, 2.75) is 51.5 Å². The van der Waals surface area contributed by atoms with Crippen molar-refractivity contribution in [2.24, 2.45) is 0 Å². The lowest BCUT2D eigenvalue weighted by molar-refractivity contribution is 0.152. The largest absolute Gasteiger partial charge is 0.450 e. The maximum Gasteiger partial charge on any atom is 0.407 e. The topological polar surface area (TPSA) is 50.4 Å². The molecular formula is C12H24N2O2. The van der Waals surface area contributed by atoms with E-state index in [0.717, 1.165) is 6.54 Å². The molecule has 16 heavy (non-hydrogen) atoms. The van der Waals surface area contributed by atoms with Crippen LogP contribution in [0.3, 0.4) is 0 Å². The molecule has 0 spiro atoms. The van der Waals surface area contributed by atoms with E-state index >= 15 is 0 Å². The van der Waals surface area contributed by atoms with Crippen LogP contribution in [0.4, 0.5) is 4.79 Å². The third kappa shape index (κ3) is 5.95. The summed E-state index contributed by atoms with van der Waals surface area (Å²) in [4.78, 5) is 11.0. The fraction of sp³-hybridized carbons (Fsp3) is 0.917. The molecule has 1 rings (SSSR count). The number of hydrogen-bond acceptors (Lipinski definition) is 3. The van der Waals surface area contributed by atoms with Crippen molar-refractivity contribution in [1.29, 1.82) is 0 Å². The van der Waals surface area contributed by atoms with Crippen LogP contribution in [0.2, 0.25) is 0 Å². The fourth-order valence-corrected chi connectivity index (χ4v) is 2.11. The van der Waals surface area contributed by atoms with E-state index in [1.165, 1.54) is 38.5 Å². The molecule has 1 fully saturated rings. The summed E-state index contributed by atoms with van der Waals surface area (Å²) in [6.07, 6.45) is 7.66. The van der Waals surface area contributed by atoms with Gasteiger partial charge in [-0.3, -0.25) is 0 Å². The lowest BCUT2D eigenvalue weighted by Crippen LogP contribution is -2.37. The molecule has 0 saturated heterocycles. The van der Waals surface area contributed by atoms with Crippen LogP contribution in [0.15, 0.2) is 0 Å². The highest BCUT2D eigenvalue weighted by Gasteiger charge is 2.10. The Bertz CT molecular complexity index is 189. The molecule has 0 bridgehead atoms. The van der Waals surface area contributed by atoms with Crippen LogP contribution in [0.5, 0.6) is 0 Å². The predicted octanol–water partition coefficient (Wildman–Crippen LogP) is 2.04. The van der Waals surface area contributed by atoms with Crippen LogP contribution in [0.1, 0.15) is 45.4 Å². The molecule has 1 amide bonds. The average molecular weight is 228 g/mol. The zero-order valence-electron chi connectivity index (χ0n) is 10.3. The SMILES string of the molecule is CCOC(=O)NCCNC1CCCCCC1. The number of ether oxygens (including phenoxy) is 1. The highest BCUT2D eigenvalue weighted by molar-refractivity contribution is 5.66. The maximum atomic E-state index is 11.0. The molecule has 4 nitrogen and oxygen atoms in total. The number of rotatable bonds is 5. The number of alkyl carbamates (subject to hydrolysis) is 1. The van der Waals surface area contributed by atoms with E-state index in [9.17, 15) is 4.79 Å². The van der Waals surface area contributed by atoms with E-state index < -0.39 is 0 Å². The molecule has 0 radical (unpaired) electrons. The van der Waals surface area contributed by atoms with Crippen LogP contribution >= 0.6 is 0 Å². The lowest BCUT2D eigenvalue weighted by Gasteiger charge is -2.16. The fourth-order valence-electron chi connectivity index (χ4n) is 2.11. The number of hydrogen-bond donors (Lipinski definition) is 2. The molecule has 1 aliphatic carbocycles. The molecule has 2 N–H and O–H groups in total. The van der Waals surface area contributed by atoms with Gasteiger partial charge in [0.05, 0.1) is 6.61 Å². The van der Waals surface area contributed by atoms with Crippen LogP contribution in [-0.2, 0) is 4.74 Å². The smallest absolute Gasteiger partial charge is 0.407 e. The second-order valence-electron chi connectivity index (χ2n) is 4.29. The van der Waals surface area contributed by atoms with Gasteiger partial charge in [0.2, 0.25) is 0 Å². The summed E-state index contributed by atoms with van der Waals surface area (Å²) in [6.45, 7) is 3.73. The van der Waals surface area contributed by atoms with Crippen molar-refractivity contribution in [3.05, 3.63) is 0 Å². The van der Waals surface area contributed by atoms with E-state index in [-0.39, 0.29) is 6.09 Å². The Morgan fingerprint density at radius 3 is 2.50 bits per heavy atom. The van der Waals surface area contributed by atoms with Crippen LogP contribution < -0.4 is 10.6 Å². The molecule has 0 aliphatic heterocycles. The Kier molecular flexibility index (Phi) is 6.97. The molecule has 0 unspecified atom stereocenters. The van der Waals surface area contributed by atoms with Gasteiger partial charge in [-0.2, -0.15) is 0 Å². The molecule has 4 heteroatoms. The van der Waals surface area contributed by atoms with Gasteiger partial charge in [-0.25, -0.2) is 4.79 Å². The molecular weight excluding hydrogens is 204 g/mol. The van der Waals surface area contributed by atoms with Crippen LogP contribution in [0.25, 0.3) is 0 Å². The molecule has 1 aliphatic rings. The summed E-state index contributed by atoms with van der Waals surface area (Å²) in [6, 6.07) is 0.645. The first-order valence-corrected chi connectivity index (χ1v) is 6.47. The van der Waals surface area contributed by atoms with Crippen molar-refractivity contribution < 1.29 is 9.53 Å². The number of carbonyl (C=O) groups excluding carboxylic acids is 1. The Hall–Kier alpha value is -0.770. The molecule has 0 aromatic heterocycles. The summed E-state index contributed by atoms with van der Waals surface area (Å²) < 4.78 is 4.78. The van der Waals surface area contributed by atoms with Crippen molar-refractivity contribution in [2.75, 3.05) is 19.7 Å². The van der Waals surface area contributed by atoms with Crippen LogP contribution in [-0.4, -0.2) is 31.8 Å². The zero-order chi connectivity index (χ0) is 11.6. The Labute approximate surface area is 98.1 Å². The molecule has 0 heterocycles. The van der Waals surface area contributed by atoms with Gasteiger partial charge in [0.15, 0.2) is 0 Å². The quantitative estimate of drug-likeness (QED) is 0.559. The van der Waals surface area contributed by atoms with Crippen molar-refractivity contribution in [1.82, 2.24) is 10.6 Å². The third-order valence-electron chi connectivity index (χ3n) is 2.96. The van der Waals surface area contributed by atoms with Gasteiger partial charge in [0, 0.05) is 19.1 Å². The maximum absolute atomic E-state index is 11.0. The molecule has 0 aromatic carbocycles. The minimum absolute atomic E-state index is 0.315. The first-order valence-electron chi connectivity index (χ1n) is 6.47. The van der Waals surface area contributed by atoms with Crippen molar-refractivity contribution in [3.63, 3.8) is 0 Å². The third-order valence-corrected chi connectivity index (χ3v) is 2.96. The second-order valence-corrected chi connectivity index (χ2v) is 4.29. The molecule has 0 atom stereocenters. The monoisotopic (exact) mass is 228 g/mol.